The van der Waals surface area contributed by atoms with Gasteiger partial charge in [-0.05, 0) is 36.7 Å². The molecule has 3 nitrogen and oxygen atoms in total. The van der Waals surface area contributed by atoms with E-state index in [1.165, 1.54) is 25.7 Å². The lowest BCUT2D eigenvalue weighted by Crippen LogP contribution is -2.40. The van der Waals surface area contributed by atoms with Crippen molar-refractivity contribution in [3.63, 3.8) is 0 Å². The molecule has 1 aromatic rings. The average molecular weight is 256 g/mol. The molecule has 19 heavy (non-hydrogen) atoms. The SMILES string of the molecule is O=C1C(c2ccccc2)NCN1C1CC2CCC1C2. The van der Waals surface area contributed by atoms with E-state index in [0.29, 0.717) is 6.04 Å². The number of carbonyl (C=O) groups is 1. The Balaban J connectivity index is 1.53. The largest absolute Gasteiger partial charge is 0.325 e. The van der Waals surface area contributed by atoms with Gasteiger partial charge in [-0.1, -0.05) is 36.8 Å². The molecule has 1 aliphatic heterocycles. The molecule has 0 spiro atoms. The molecule has 4 rings (SSSR count). The second kappa shape index (κ2) is 4.34. The van der Waals surface area contributed by atoms with Crippen LogP contribution in [0.4, 0.5) is 0 Å². The Kier molecular flexibility index (Phi) is 2.62. The molecule has 3 fully saturated rings. The molecule has 0 radical (unpaired) electrons. The van der Waals surface area contributed by atoms with Crippen molar-refractivity contribution in [2.24, 2.45) is 11.8 Å². The van der Waals surface area contributed by atoms with E-state index in [-0.39, 0.29) is 11.9 Å². The van der Waals surface area contributed by atoms with Crippen LogP contribution >= 0.6 is 0 Å². The lowest BCUT2D eigenvalue weighted by Gasteiger charge is -2.30. The van der Waals surface area contributed by atoms with Crippen LogP contribution in [-0.4, -0.2) is 23.5 Å². The number of hydrogen-bond donors (Lipinski definition) is 1. The zero-order valence-electron chi connectivity index (χ0n) is 11.1. The zero-order valence-corrected chi connectivity index (χ0v) is 11.1. The Hall–Kier alpha value is -1.35. The zero-order chi connectivity index (χ0) is 12.8. The first kappa shape index (κ1) is 11.5. The quantitative estimate of drug-likeness (QED) is 0.880. The highest BCUT2D eigenvalue weighted by Crippen LogP contribution is 2.47. The summed E-state index contributed by atoms with van der Waals surface area (Å²) in [4.78, 5) is 14.7. The molecule has 4 atom stereocenters. The topological polar surface area (TPSA) is 32.3 Å². The summed E-state index contributed by atoms with van der Waals surface area (Å²) in [6.45, 7) is 0.728. The van der Waals surface area contributed by atoms with Gasteiger partial charge in [-0.15, -0.1) is 0 Å². The molecule has 0 aromatic heterocycles. The van der Waals surface area contributed by atoms with Crippen LogP contribution in [0.3, 0.4) is 0 Å². The van der Waals surface area contributed by atoms with Crippen LogP contribution in [0.2, 0.25) is 0 Å². The van der Waals surface area contributed by atoms with Gasteiger partial charge in [0.2, 0.25) is 5.91 Å². The van der Waals surface area contributed by atoms with E-state index in [2.05, 4.69) is 10.2 Å². The van der Waals surface area contributed by atoms with Crippen LogP contribution in [0.1, 0.15) is 37.3 Å². The highest BCUT2D eigenvalue weighted by atomic mass is 16.2. The van der Waals surface area contributed by atoms with Gasteiger partial charge in [-0.3, -0.25) is 10.1 Å². The van der Waals surface area contributed by atoms with E-state index < -0.39 is 0 Å². The molecule has 4 unspecified atom stereocenters. The van der Waals surface area contributed by atoms with E-state index >= 15 is 0 Å². The normalized spacial score (nSPS) is 37.3. The molecule has 100 valence electrons. The van der Waals surface area contributed by atoms with Crippen molar-refractivity contribution in [2.75, 3.05) is 6.67 Å². The van der Waals surface area contributed by atoms with Crippen molar-refractivity contribution < 1.29 is 4.79 Å². The maximum Gasteiger partial charge on any atom is 0.245 e. The number of rotatable bonds is 2. The van der Waals surface area contributed by atoms with Gasteiger partial charge in [-0.25, -0.2) is 0 Å². The number of nitrogens with one attached hydrogen (secondary N) is 1. The molecule has 1 N–H and O–H groups in total. The third-order valence-corrected chi connectivity index (χ3v) is 5.23. The summed E-state index contributed by atoms with van der Waals surface area (Å²) in [5, 5.41) is 3.39. The van der Waals surface area contributed by atoms with Crippen molar-refractivity contribution in [3.05, 3.63) is 35.9 Å². The van der Waals surface area contributed by atoms with Gasteiger partial charge >= 0.3 is 0 Å². The highest BCUT2D eigenvalue weighted by molar-refractivity contribution is 5.85. The van der Waals surface area contributed by atoms with Gasteiger partial charge in [0.05, 0.1) is 6.67 Å². The van der Waals surface area contributed by atoms with Crippen molar-refractivity contribution in [2.45, 2.75) is 37.8 Å². The number of fused-ring (bicyclic) bond motifs is 2. The first-order chi connectivity index (χ1) is 9.33. The molecule has 2 aliphatic carbocycles. The predicted molar refractivity (Wildman–Crippen MR) is 73.3 cm³/mol. The monoisotopic (exact) mass is 256 g/mol. The number of carbonyl (C=O) groups excluding carboxylic acids is 1. The molecule has 1 aromatic carbocycles. The second-order valence-corrected chi connectivity index (χ2v) is 6.26. The van der Waals surface area contributed by atoms with E-state index in [1.807, 2.05) is 30.3 Å². The molecule has 1 heterocycles. The maximum atomic E-state index is 12.6. The Morgan fingerprint density at radius 1 is 1.11 bits per heavy atom. The van der Waals surface area contributed by atoms with E-state index in [9.17, 15) is 4.79 Å². The summed E-state index contributed by atoms with van der Waals surface area (Å²) >= 11 is 0. The van der Waals surface area contributed by atoms with Crippen molar-refractivity contribution in [1.29, 1.82) is 0 Å². The van der Waals surface area contributed by atoms with Gasteiger partial charge in [0, 0.05) is 6.04 Å². The summed E-state index contributed by atoms with van der Waals surface area (Å²) in [6.07, 6.45) is 5.30. The lowest BCUT2D eigenvalue weighted by atomic mass is 9.94. The summed E-state index contributed by atoms with van der Waals surface area (Å²) in [7, 11) is 0. The molecule has 1 saturated heterocycles. The fourth-order valence-electron chi connectivity index (χ4n) is 4.30. The van der Waals surface area contributed by atoms with Crippen LogP contribution in [0.25, 0.3) is 0 Å². The fraction of sp³-hybridized carbons (Fsp3) is 0.562. The minimum atomic E-state index is -0.125. The molecule has 1 amide bonds. The van der Waals surface area contributed by atoms with Crippen molar-refractivity contribution in [1.82, 2.24) is 10.2 Å². The second-order valence-electron chi connectivity index (χ2n) is 6.26. The minimum absolute atomic E-state index is 0.125. The first-order valence-corrected chi connectivity index (χ1v) is 7.42. The van der Waals surface area contributed by atoms with Crippen LogP contribution in [0.5, 0.6) is 0 Å². The summed E-state index contributed by atoms with van der Waals surface area (Å²) < 4.78 is 0. The fourth-order valence-corrected chi connectivity index (χ4v) is 4.30. The molecule has 2 bridgehead atoms. The van der Waals surface area contributed by atoms with Crippen molar-refractivity contribution >= 4 is 5.91 Å². The third-order valence-electron chi connectivity index (χ3n) is 5.23. The van der Waals surface area contributed by atoms with E-state index in [0.717, 1.165) is 24.1 Å². The van der Waals surface area contributed by atoms with Gasteiger partial charge in [0.1, 0.15) is 6.04 Å². The summed E-state index contributed by atoms with van der Waals surface area (Å²) in [6, 6.07) is 10.5. The van der Waals surface area contributed by atoms with E-state index in [4.69, 9.17) is 0 Å². The lowest BCUT2D eigenvalue weighted by molar-refractivity contribution is -0.131. The van der Waals surface area contributed by atoms with Crippen LogP contribution < -0.4 is 5.32 Å². The van der Waals surface area contributed by atoms with Crippen molar-refractivity contribution in [3.8, 4) is 0 Å². The number of hydrogen-bond acceptors (Lipinski definition) is 2. The first-order valence-electron chi connectivity index (χ1n) is 7.42. The number of benzene rings is 1. The van der Waals surface area contributed by atoms with E-state index in [1.54, 1.807) is 0 Å². The van der Waals surface area contributed by atoms with Gasteiger partial charge in [0.25, 0.3) is 0 Å². The Labute approximate surface area is 114 Å². The standard InChI is InChI=1S/C16H20N2O/c19-16-15(12-4-2-1-3-5-12)17-10-18(16)14-9-11-6-7-13(14)8-11/h1-5,11,13-15,17H,6-10H2. The van der Waals surface area contributed by atoms with Gasteiger partial charge < -0.3 is 4.90 Å². The van der Waals surface area contributed by atoms with Crippen LogP contribution in [0, 0.1) is 11.8 Å². The Morgan fingerprint density at radius 3 is 2.63 bits per heavy atom. The molecule has 3 heteroatoms. The maximum absolute atomic E-state index is 12.6. The number of nitrogens with zero attached hydrogens (tertiary/aromatic N) is 1. The number of amides is 1. The molecule has 2 saturated carbocycles. The summed E-state index contributed by atoms with van der Waals surface area (Å²) in [5.74, 6) is 1.94. The van der Waals surface area contributed by atoms with Gasteiger partial charge in [0.15, 0.2) is 0 Å². The highest BCUT2D eigenvalue weighted by Gasteiger charge is 2.46. The molecule has 3 aliphatic rings. The summed E-state index contributed by atoms with van der Waals surface area (Å²) in [5.41, 5.74) is 1.10. The van der Waals surface area contributed by atoms with Crippen LogP contribution in [0.15, 0.2) is 30.3 Å². The van der Waals surface area contributed by atoms with Gasteiger partial charge in [-0.2, -0.15) is 0 Å². The van der Waals surface area contributed by atoms with Crippen LogP contribution in [-0.2, 0) is 4.79 Å². The average Bonchev–Trinajstić information content (AvgIpc) is 3.14. The minimum Gasteiger partial charge on any atom is -0.325 e. The Morgan fingerprint density at radius 2 is 1.95 bits per heavy atom. The third kappa shape index (κ3) is 1.79. The predicted octanol–water partition coefficient (Wildman–Crippen LogP) is 2.31. The smallest absolute Gasteiger partial charge is 0.245 e. The molecular formula is C16H20N2O. The Bertz CT molecular complexity index is 487. The molecular weight excluding hydrogens is 236 g/mol.